The minimum Gasteiger partial charge on any atom is -0.496 e. The summed E-state index contributed by atoms with van der Waals surface area (Å²) in [6.45, 7) is 3.77. The van der Waals surface area contributed by atoms with Gasteiger partial charge in [0.15, 0.2) is 0 Å². The lowest BCUT2D eigenvalue weighted by atomic mass is 9.87. The third-order valence-corrected chi connectivity index (χ3v) is 3.57. The van der Waals surface area contributed by atoms with Crippen LogP contribution in [-0.2, 0) is 4.79 Å². The first-order valence-corrected chi connectivity index (χ1v) is 6.75. The van der Waals surface area contributed by atoms with Gasteiger partial charge in [0.2, 0.25) is 0 Å². The maximum atomic E-state index is 12.0. The Morgan fingerprint density at radius 3 is 2.58 bits per heavy atom. The van der Waals surface area contributed by atoms with Gasteiger partial charge in [0.25, 0.3) is 0 Å². The van der Waals surface area contributed by atoms with Gasteiger partial charge < -0.3 is 4.74 Å². The van der Waals surface area contributed by atoms with Crippen LogP contribution < -0.4 is 4.74 Å². The fourth-order valence-corrected chi connectivity index (χ4v) is 2.65. The van der Waals surface area contributed by atoms with Gasteiger partial charge in [-0.15, -0.1) is 0 Å². The van der Waals surface area contributed by atoms with Gasteiger partial charge in [-0.25, -0.2) is 0 Å². The Kier molecular flexibility index (Phi) is 4.20. The van der Waals surface area contributed by atoms with Gasteiger partial charge in [0, 0.05) is 11.5 Å². The van der Waals surface area contributed by atoms with Crippen LogP contribution in [0.2, 0.25) is 0 Å². The van der Waals surface area contributed by atoms with Crippen LogP contribution in [0.25, 0.3) is 10.8 Å². The first-order chi connectivity index (χ1) is 9.19. The predicted octanol–water partition coefficient (Wildman–Crippen LogP) is 4.32. The summed E-state index contributed by atoms with van der Waals surface area (Å²) in [7, 11) is 1.66. The number of fused-ring (bicyclic) bond motifs is 1. The molecule has 100 valence electrons. The molecule has 0 aliphatic heterocycles. The Bertz CT molecular complexity index is 587. The van der Waals surface area contributed by atoms with E-state index in [1.54, 1.807) is 14.0 Å². The van der Waals surface area contributed by atoms with Crippen molar-refractivity contribution in [3.63, 3.8) is 0 Å². The minimum atomic E-state index is -0.0777. The number of benzene rings is 2. The highest BCUT2D eigenvalue weighted by molar-refractivity contribution is 5.94. The average Bonchev–Trinajstić information content (AvgIpc) is 2.43. The molecule has 0 fully saturated rings. The number of methoxy groups -OCH3 is 1. The fraction of sp³-hybridized carbons (Fsp3) is 0.353. The molecule has 19 heavy (non-hydrogen) atoms. The first-order valence-electron chi connectivity index (χ1n) is 6.75. The predicted molar refractivity (Wildman–Crippen MR) is 78.8 cm³/mol. The van der Waals surface area contributed by atoms with E-state index in [0.717, 1.165) is 34.9 Å². The molecule has 1 unspecified atom stereocenters. The lowest BCUT2D eigenvalue weighted by molar-refractivity contribution is -0.118. The highest BCUT2D eigenvalue weighted by atomic mass is 16.5. The number of hydrogen-bond donors (Lipinski definition) is 0. The maximum Gasteiger partial charge on any atom is 0.137 e. The number of carbonyl (C=O) groups excluding carboxylic acids is 1. The summed E-state index contributed by atoms with van der Waals surface area (Å²) in [5.41, 5.74) is 1.04. The molecule has 0 saturated heterocycles. The van der Waals surface area contributed by atoms with Crippen molar-refractivity contribution in [3.05, 3.63) is 42.0 Å². The molecule has 0 spiro atoms. The summed E-state index contributed by atoms with van der Waals surface area (Å²) in [4.78, 5) is 12.0. The van der Waals surface area contributed by atoms with Crippen LogP contribution in [-0.4, -0.2) is 12.9 Å². The van der Waals surface area contributed by atoms with Gasteiger partial charge in [-0.3, -0.25) is 4.79 Å². The summed E-state index contributed by atoms with van der Waals surface area (Å²) in [6.07, 6.45) is 1.84. The number of ether oxygens (including phenoxy) is 1. The summed E-state index contributed by atoms with van der Waals surface area (Å²) in [6, 6.07) is 12.2. The number of ketones is 1. The second-order valence-electron chi connectivity index (χ2n) is 4.85. The van der Waals surface area contributed by atoms with Crippen molar-refractivity contribution in [3.8, 4) is 5.75 Å². The molecule has 1 atom stereocenters. The molecule has 0 aliphatic carbocycles. The van der Waals surface area contributed by atoms with Crippen LogP contribution in [0.1, 0.15) is 38.2 Å². The number of carbonyl (C=O) groups is 1. The summed E-state index contributed by atoms with van der Waals surface area (Å²) in [5.74, 6) is 0.940. The summed E-state index contributed by atoms with van der Waals surface area (Å²) in [5, 5.41) is 2.27. The van der Waals surface area contributed by atoms with E-state index in [1.807, 2.05) is 24.3 Å². The molecule has 0 saturated carbocycles. The Morgan fingerprint density at radius 1 is 1.21 bits per heavy atom. The second kappa shape index (κ2) is 5.87. The molecule has 2 nitrogen and oxygen atoms in total. The van der Waals surface area contributed by atoms with Gasteiger partial charge in [-0.2, -0.15) is 0 Å². The van der Waals surface area contributed by atoms with Crippen LogP contribution in [0, 0.1) is 0 Å². The first kappa shape index (κ1) is 13.6. The topological polar surface area (TPSA) is 26.3 Å². The van der Waals surface area contributed by atoms with Crippen LogP contribution in [0.5, 0.6) is 5.75 Å². The van der Waals surface area contributed by atoms with Gasteiger partial charge >= 0.3 is 0 Å². The Labute approximate surface area is 114 Å². The fourth-order valence-electron chi connectivity index (χ4n) is 2.65. The molecule has 2 heteroatoms. The molecule has 0 heterocycles. The lowest BCUT2D eigenvalue weighted by Gasteiger charge is -2.19. The molecule has 2 aromatic carbocycles. The molecule has 2 aromatic rings. The van der Waals surface area contributed by atoms with Gasteiger partial charge in [0.05, 0.1) is 7.11 Å². The van der Waals surface area contributed by atoms with Gasteiger partial charge in [-0.1, -0.05) is 43.7 Å². The van der Waals surface area contributed by atoms with E-state index in [2.05, 4.69) is 19.1 Å². The van der Waals surface area contributed by atoms with Crippen molar-refractivity contribution < 1.29 is 9.53 Å². The average molecular weight is 256 g/mol. The standard InChI is InChI=1S/C17H20O2/c1-4-7-14(12(2)18)17-15-9-6-5-8-13(15)10-11-16(17)19-3/h5-6,8-11,14H,4,7H2,1-3H3. The van der Waals surface area contributed by atoms with E-state index in [-0.39, 0.29) is 11.7 Å². The molecule has 0 radical (unpaired) electrons. The third-order valence-electron chi connectivity index (χ3n) is 3.57. The highest BCUT2D eigenvalue weighted by Crippen LogP contribution is 2.36. The monoisotopic (exact) mass is 256 g/mol. The van der Waals surface area contributed by atoms with E-state index in [4.69, 9.17) is 4.74 Å². The van der Waals surface area contributed by atoms with Crippen molar-refractivity contribution in [1.82, 2.24) is 0 Å². The number of rotatable bonds is 5. The van der Waals surface area contributed by atoms with E-state index in [9.17, 15) is 4.79 Å². The summed E-state index contributed by atoms with van der Waals surface area (Å²) >= 11 is 0. The van der Waals surface area contributed by atoms with E-state index < -0.39 is 0 Å². The summed E-state index contributed by atoms with van der Waals surface area (Å²) < 4.78 is 5.48. The van der Waals surface area contributed by atoms with Crippen molar-refractivity contribution in [2.75, 3.05) is 7.11 Å². The van der Waals surface area contributed by atoms with Crippen molar-refractivity contribution in [2.24, 2.45) is 0 Å². The molecule has 0 aromatic heterocycles. The van der Waals surface area contributed by atoms with Gasteiger partial charge in [0.1, 0.15) is 11.5 Å². The molecule has 0 amide bonds. The van der Waals surface area contributed by atoms with Crippen LogP contribution in [0.15, 0.2) is 36.4 Å². The molecular weight excluding hydrogens is 236 g/mol. The normalized spacial score (nSPS) is 12.4. The molecule has 0 N–H and O–H groups in total. The van der Waals surface area contributed by atoms with E-state index >= 15 is 0 Å². The van der Waals surface area contributed by atoms with Crippen LogP contribution in [0.4, 0.5) is 0 Å². The SMILES string of the molecule is CCCC(C(C)=O)c1c(OC)ccc2ccccc12. The quantitative estimate of drug-likeness (QED) is 0.796. The Hall–Kier alpha value is -1.83. The smallest absolute Gasteiger partial charge is 0.137 e. The molecule has 0 bridgehead atoms. The Balaban J connectivity index is 2.69. The maximum absolute atomic E-state index is 12.0. The molecule has 2 rings (SSSR count). The number of Topliss-reactive ketones (excluding diaryl/α,β-unsaturated/α-hetero) is 1. The second-order valence-corrected chi connectivity index (χ2v) is 4.85. The zero-order valence-corrected chi connectivity index (χ0v) is 11.8. The zero-order valence-electron chi connectivity index (χ0n) is 11.8. The van der Waals surface area contributed by atoms with Crippen LogP contribution >= 0.6 is 0 Å². The van der Waals surface area contributed by atoms with Crippen molar-refractivity contribution in [2.45, 2.75) is 32.6 Å². The van der Waals surface area contributed by atoms with E-state index in [0.29, 0.717) is 0 Å². The highest BCUT2D eigenvalue weighted by Gasteiger charge is 2.22. The van der Waals surface area contributed by atoms with Gasteiger partial charge in [-0.05, 0) is 30.2 Å². The van der Waals surface area contributed by atoms with Crippen molar-refractivity contribution in [1.29, 1.82) is 0 Å². The largest absolute Gasteiger partial charge is 0.496 e. The third kappa shape index (κ3) is 2.62. The number of hydrogen-bond acceptors (Lipinski definition) is 2. The Morgan fingerprint density at radius 2 is 1.95 bits per heavy atom. The van der Waals surface area contributed by atoms with Crippen LogP contribution in [0.3, 0.4) is 0 Å². The lowest BCUT2D eigenvalue weighted by Crippen LogP contribution is -2.10. The zero-order chi connectivity index (χ0) is 13.8. The van der Waals surface area contributed by atoms with E-state index in [1.165, 1.54) is 0 Å². The van der Waals surface area contributed by atoms with Crippen molar-refractivity contribution >= 4 is 16.6 Å². The molecular formula is C17H20O2. The molecule has 0 aliphatic rings. The minimum absolute atomic E-state index is 0.0777.